The van der Waals surface area contributed by atoms with E-state index in [-0.39, 0.29) is 6.61 Å². The van der Waals surface area contributed by atoms with Crippen molar-refractivity contribution >= 4 is 11.6 Å². The highest BCUT2D eigenvalue weighted by molar-refractivity contribution is 6.30. The molecule has 21 heavy (non-hydrogen) atoms. The van der Waals surface area contributed by atoms with E-state index in [1.54, 1.807) is 0 Å². The van der Waals surface area contributed by atoms with E-state index in [2.05, 4.69) is 5.32 Å². The molecule has 1 aromatic rings. The predicted molar refractivity (Wildman–Crippen MR) is 83.3 cm³/mol. The number of rotatable bonds is 8. The Morgan fingerprint density at radius 2 is 2.05 bits per heavy atom. The molecule has 1 aliphatic rings. The molecule has 0 bridgehead atoms. The molecule has 0 heterocycles. The van der Waals surface area contributed by atoms with Crippen LogP contribution < -0.4 is 5.32 Å². The molecule has 118 valence electrons. The van der Waals surface area contributed by atoms with Gasteiger partial charge in [-0.05, 0) is 36.5 Å². The van der Waals surface area contributed by atoms with Crippen molar-refractivity contribution in [2.75, 3.05) is 19.8 Å². The molecular weight excluding hydrogens is 290 g/mol. The summed E-state index contributed by atoms with van der Waals surface area (Å²) < 4.78 is 5.51. The standard InChI is InChI=1S/C16H24ClNO3/c17-14-6-4-12(5-7-14)10-21-11-15(20)8-18-16-3-1-2-13(16)9-19/h4-7,13,15-16,18-20H,1-3,8-11H2. The number of hydrogen-bond donors (Lipinski definition) is 3. The summed E-state index contributed by atoms with van der Waals surface area (Å²) >= 11 is 5.82. The number of aliphatic hydroxyl groups excluding tert-OH is 2. The predicted octanol–water partition coefficient (Wildman–Crippen LogP) is 1.97. The van der Waals surface area contributed by atoms with Gasteiger partial charge in [0.25, 0.3) is 0 Å². The average molecular weight is 314 g/mol. The van der Waals surface area contributed by atoms with Crippen molar-refractivity contribution < 1.29 is 14.9 Å². The zero-order chi connectivity index (χ0) is 15.1. The number of nitrogens with one attached hydrogen (secondary N) is 1. The molecule has 0 amide bonds. The Bertz CT molecular complexity index is 412. The topological polar surface area (TPSA) is 61.7 Å². The first-order valence-corrected chi connectivity index (χ1v) is 7.91. The number of benzene rings is 1. The molecule has 1 fully saturated rings. The van der Waals surface area contributed by atoms with Gasteiger partial charge in [-0.25, -0.2) is 0 Å². The fourth-order valence-corrected chi connectivity index (χ4v) is 2.89. The van der Waals surface area contributed by atoms with Crippen LogP contribution in [0.1, 0.15) is 24.8 Å². The fourth-order valence-electron chi connectivity index (χ4n) is 2.76. The Morgan fingerprint density at radius 3 is 2.76 bits per heavy atom. The van der Waals surface area contributed by atoms with Gasteiger partial charge in [0.05, 0.1) is 19.3 Å². The van der Waals surface area contributed by atoms with E-state index >= 15 is 0 Å². The van der Waals surface area contributed by atoms with Crippen LogP contribution in [0.3, 0.4) is 0 Å². The van der Waals surface area contributed by atoms with Crippen LogP contribution in [0.5, 0.6) is 0 Å². The highest BCUT2D eigenvalue weighted by Crippen LogP contribution is 2.24. The summed E-state index contributed by atoms with van der Waals surface area (Å²) in [5.74, 6) is 0.326. The van der Waals surface area contributed by atoms with Gasteiger partial charge in [-0.3, -0.25) is 0 Å². The molecule has 4 nitrogen and oxygen atoms in total. The SMILES string of the molecule is OCC1CCCC1NCC(O)COCc1ccc(Cl)cc1. The van der Waals surface area contributed by atoms with Crippen LogP contribution in [-0.4, -0.2) is 42.1 Å². The lowest BCUT2D eigenvalue weighted by Crippen LogP contribution is -2.40. The maximum Gasteiger partial charge on any atom is 0.0897 e. The second kappa shape index (κ2) is 8.71. The number of aliphatic hydroxyl groups is 2. The lowest BCUT2D eigenvalue weighted by atomic mass is 10.1. The first kappa shape index (κ1) is 16.7. The minimum absolute atomic E-state index is 0.223. The molecule has 1 aliphatic carbocycles. The molecule has 2 rings (SSSR count). The smallest absolute Gasteiger partial charge is 0.0897 e. The van der Waals surface area contributed by atoms with Crippen LogP contribution in [0.2, 0.25) is 5.02 Å². The Kier molecular flexibility index (Phi) is 6.93. The van der Waals surface area contributed by atoms with E-state index < -0.39 is 6.10 Å². The second-order valence-corrected chi connectivity index (χ2v) is 6.12. The van der Waals surface area contributed by atoms with Gasteiger partial charge in [0.15, 0.2) is 0 Å². The minimum atomic E-state index is -0.530. The Hall–Kier alpha value is -0.650. The summed E-state index contributed by atoms with van der Waals surface area (Å²) in [7, 11) is 0. The lowest BCUT2D eigenvalue weighted by molar-refractivity contribution is 0.0265. The summed E-state index contributed by atoms with van der Waals surface area (Å²) in [5, 5.41) is 23.2. The van der Waals surface area contributed by atoms with Gasteiger partial charge >= 0.3 is 0 Å². The van der Waals surface area contributed by atoms with Crippen LogP contribution in [0.15, 0.2) is 24.3 Å². The number of hydrogen-bond acceptors (Lipinski definition) is 4. The normalized spacial score (nSPS) is 23.4. The number of halogens is 1. The number of ether oxygens (including phenoxy) is 1. The summed E-state index contributed by atoms with van der Waals surface area (Å²) in [5.41, 5.74) is 1.04. The third-order valence-electron chi connectivity index (χ3n) is 4.00. The van der Waals surface area contributed by atoms with E-state index in [0.29, 0.717) is 36.7 Å². The van der Waals surface area contributed by atoms with Gasteiger partial charge in [0.2, 0.25) is 0 Å². The van der Waals surface area contributed by atoms with E-state index in [1.165, 1.54) is 0 Å². The molecule has 0 spiro atoms. The molecule has 0 saturated heterocycles. The van der Waals surface area contributed by atoms with Gasteiger partial charge < -0.3 is 20.3 Å². The van der Waals surface area contributed by atoms with E-state index in [0.717, 1.165) is 24.8 Å². The van der Waals surface area contributed by atoms with E-state index in [1.807, 2.05) is 24.3 Å². The maximum absolute atomic E-state index is 9.92. The highest BCUT2D eigenvalue weighted by atomic mass is 35.5. The second-order valence-electron chi connectivity index (χ2n) is 5.68. The van der Waals surface area contributed by atoms with E-state index in [9.17, 15) is 10.2 Å². The van der Waals surface area contributed by atoms with Crippen molar-refractivity contribution in [3.05, 3.63) is 34.9 Å². The quantitative estimate of drug-likeness (QED) is 0.686. The molecule has 0 radical (unpaired) electrons. The summed E-state index contributed by atoms with van der Waals surface area (Å²) in [6, 6.07) is 7.80. The lowest BCUT2D eigenvalue weighted by Gasteiger charge is -2.21. The van der Waals surface area contributed by atoms with Crippen molar-refractivity contribution in [2.45, 2.75) is 38.0 Å². The van der Waals surface area contributed by atoms with Gasteiger partial charge in [0, 0.05) is 24.2 Å². The monoisotopic (exact) mass is 313 g/mol. The summed E-state index contributed by atoms with van der Waals surface area (Å²) in [6.07, 6.45) is 2.75. The Labute approximate surface area is 131 Å². The maximum atomic E-state index is 9.92. The van der Waals surface area contributed by atoms with Crippen molar-refractivity contribution in [2.24, 2.45) is 5.92 Å². The first-order valence-electron chi connectivity index (χ1n) is 7.53. The van der Waals surface area contributed by atoms with Crippen LogP contribution in [0, 0.1) is 5.92 Å². The highest BCUT2D eigenvalue weighted by Gasteiger charge is 2.26. The van der Waals surface area contributed by atoms with Crippen molar-refractivity contribution in [3.63, 3.8) is 0 Å². The van der Waals surface area contributed by atoms with Crippen molar-refractivity contribution in [3.8, 4) is 0 Å². The molecule has 1 aromatic carbocycles. The molecule has 0 aliphatic heterocycles. The first-order chi connectivity index (χ1) is 10.2. The average Bonchev–Trinajstić information content (AvgIpc) is 2.95. The molecule has 3 N–H and O–H groups in total. The van der Waals surface area contributed by atoms with Gasteiger partial charge in [-0.2, -0.15) is 0 Å². The Morgan fingerprint density at radius 1 is 1.29 bits per heavy atom. The summed E-state index contributed by atoms with van der Waals surface area (Å²) in [6.45, 7) is 1.49. The zero-order valence-corrected chi connectivity index (χ0v) is 12.9. The molecular formula is C16H24ClNO3. The third kappa shape index (κ3) is 5.57. The zero-order valence-electron chi connectivity index (χ0n) is 12.2. The van der Waals surface area contributed by atoms with Crippen molar-refractivity contribution in [1.82, 2.24) is 5.32 Å². The molecule has 3 unspecified atom stereocenters. The third-order valence-corrected chi connectivity index (χ3v) is 4.25. The Balaban J connectivity index is 1.61. The van der Waals surface area contributed by atoms with Crippen LogP contribution in [-0.2, 0) is 11.3 Å². The van der Waals surface area contributed by atoms with Crippen LogP contribution >= 0.6 is 11.6 Å². The van der Waals surface area contributed by atoms with Gasteiger partial charge in [0.1, 0.15) is 0 Å². The molecule has 3 atom stereocenters. The molecule has 0 aromatic heterocycles. The largest absolute Gasteiger partial charge is 0.396 e. The van der Waals surface area contributed by atoms with Crippen LogP contribution in [0.25, 0.3) is 0 Å². The minimum Gasteiger partial charge on any atom is -0.396 e. The van der Waals surface area contributed by atoms with E-state index in [4.69, 9.17) is 16.3 Å². The van der Waals surface area contributed by atoms with Gasteiger partial charge in [-0.15, -0.1) is 0 Å². The molecule has 5 heteroatoms. The van der Waals surface area contributed by atoms with Gasteiger partial charge in [-0.1, -0.05) is 30.2 Å². The molecule has 1 saturated carbocycles. The van der Waals surface area contributed by atoms with Crippen molar-refractivity contribution in [1.29, 1.82) is 0 Å². The van der Waals surface area contributed by atoms with Crippen LogP contribution in [0.4, 0.5) is 0 Å². The summed E-state index contributed by atoms with van der Waals surface area (Å²) in [4.78, 5) is 0. The fraction of sp³-hybridized carbons (Fsp3) is 0.625.